The highest BCUT2D eigenvalue weighted by Crippen LogP contribution is 2.41. The fourth-order valence-electron chi connectivity index (χ4n) is 8.06. The van der Waals surface area contributed by atoms with Crippen LogP contribution in [0, 0.1) is 0 Å². The van der Waals surface area contributed by atoms with Crippen LogP contribution in [0.15, 0.2) is 146 Å². The maximum Gasteiger partial charge on any atom is 0.407 e. The van der Waals surface area contributed by atoms with Crippen LogP contribution in [0.5, 0.6) is 23.0 Å². The molecule has 8 rings (SSSR count). The quantitative estimate of drug-likeness (QED) is 0.0131. The molecule has 1 unspecified atom stereocenters. The van der Waals surface area contributed by atoms with Gasteiger partial charge in [0.05, 0.1) is 48.8 Å². The summed E-state index contributed by atoms with van der Waals surface area (Å²) >= 11 is 4.26. The first kappa shape index (κ1) is 56.7. The summed E-state index contributed by atoms with van der Waals surface area (Å²) < 4.78 is 49.9. The molecule has 6 aromatic carbocycles. The second-order valence-electron chi connectivity index (χ2n) is 17.6. The number of hydrogen-bond acceptors (Lipinski definition) is 17. The number of ether oxygens (including phenoxy) is 6. The van der Waals surface area contributed by atoms with Gasteiger partial charge in [0.1, 0.15) is 48.0 Å². The first-order valence-corrected chi connectivity index (χ1v) is 26.4. The highest BCUT2D eigenvalue weighted by Gasteiger charge is 2.29. The van der Waals surface area contributed by atoms with Gasteiger partial charge >= 0.3 is 26.7 Å². The first-order valence-electron chi connectivity index (χ1n) is 25.0. The molecule has 20 nitrogen and oxygen atoms in total. The molecule has 0 saturated heterocycles. The Hall–Kier alpha value is -8.46. The predicted octanol–water partition coefficient (Wildman–Crippen LogP) is 8.21. The molecule has 0 radical (unpaired) electrons. The van der Waals surface area contributed by atoms with Gasteiger partial charge in [-0.25, -0.2) is 23.6 Å². The Bertz CT molecular complexity index is 3200. The van der Waals surface area contributed by atoms with Crippen LogP contribution in [-0.4, -0.2) is 102 Å². The zero-order valence-electron chi connectivity index (χ0n) is 42.6. The minimum Gasteiger partial charge on any atom is -0.492 e. The van der Waals surface area contributed by atoms with Crippen LogP contribution >= 0.6 is 21.3 Å². The van der Waals surface area contributed by atoms with Gasteiger partial charge in [-0.2, -0.15) is 12.6 Å². The standard InChI is InChI=1S/C57H55N6O14PS/c64-43(35-75-78-70)34-71-30-5-27-59-57(69)74-33-38-10-18-46(19-11-38)76-56(68)41-16-24-45(25-17-41)73-36-51(65)58-28-26-52(66)62-32-42-6-1-2-7-48(42)54-53(49-8-3-4-9-50(49)62)60-61-63(54)29-31-72-44-22-14-40(15-23-44)55(67)77-47-20-12-39(37-79)13-21-47/h1-4,6-25,43,64,79H,5,26-37H2,(H,58,65)(H,59,69). The molecule has 0 aliphatic carbocycles. The van der Waals surface area contributed by atoms with E-state index in [0.29, 0.717) is 64.0 Å². The number of anilines is 1. The second-order valence-corrected chi connectivity index (χ2v) is 18.4. The van der Waals surface area contributed by atoms with Crippen molar-refractivity contribution >= 4 is 56.8 Å². The van der Waals surface area contributed by atoms with Gasteiger partial charge < -0.3 is 49.1 Å². The number of nitrogens with one attached hydrogen (secondary N) is 2. The summed E-state index contributed by atoms with van der Waals surface area (Å²) in [6.07, 6.45) is -1.06. The summed E-state index contributed by atoms with van der Waals surface area (Å²) in [7, 11) is -0.516. The number of fused-ring (bicyclic) bond motifs is 5. The van der Waals surface area contributed by atoms with E-state index in [1.54, 1.807) is 70.2 Å². The van der Waals surface area contributed by atoms with Crippen molar-refractivity contribution in [2.45, 2.75) is 44.4 Å². The molecule has 3 N–H and O–H groups in total. The van der Waals surface area contributed by atoms with Crippen LogP contribution in [-0.2, 0) is 53.6 Å². The molecule has 0 bridgehead atoms. The lowest BCUT2D eigenvalue weighted by molar-refractivity contribution is -0.123. The number of amides is 3. The molecule has 79 heavy (non-hydrogen) atoms. The molecule has 22 heteroatoms. The van der Waals surface area contributed by atoms with Crippen LogP contribution in [0.25, 0.3) is 22.5 Å². The van der Waals surface area contributed by atoms with Crippen molar-refractivity contribution in [3.05, 3.63) is 173 Å². The predicted molar refractivity (Wildman–Crippen MR) is 292 cm³/mol. The van der Waals surface area contributed by atoms with Gasteiger partial charge in [0.15, 0.2) is 6.61 Å². The van der Waals surface area contributed by atoms with Crippen molar-refractivity contribution in [1.82, 2.24) is 25.6 Å². The SMILES string of the molecule is O=POCC(O)COCCCNC(=O)OCc1ccc(OC(=O)c2ccc(OCC(=O)NCCC(=O)N3Cc4ccccc4-c4c(nnn4CCOc4ccc(C(=O)Oc5ccc(CS)cc5)cc4)-c4ccccc43)cc2)cc1. The molecule has 0 fully saturated rings. The number of benzene rings is 6. The molecule has 0 spiro atoms. The van der Waals surface area contributed by atoms with E-state index in [1.807, 2.05) is 60.7 Å². The minimum atomic E-state index is -0.903. The number of carbonyl (C=O) groups is 5. The Morgan fingerprint density at radius 3 is 1.97 bits per heavy atom. The van der Waals surface area contributed by atoms with Crippen molar-refractivity contribution in [2.75, 3.05) is 51.0 Å². The van der Waals surface area contributed by atoms with E-state index in [2.05, 4.69) is 38.1 Å². The molecule has 2 heterocycles. The summed E-state index contributed by atoms with van der Waals surface area (Å²) in [4.78, 5) is 66.4. The molecule has 3 amide bonds. The average molecular weight is 1110 g/mol. The molecule has 1 aliphatic rings. The molecule has 1 aromatic heterocycles. The number of rotatable bonds is 26. The van der Waals surface area contributed by atoms with Crippen molar-refractivity contribution in [3.63, 3.8) is 0 Å². The summed E-state index contributed by atoms with van der Waals surface area (Å²) in [6.45, 7) is 0.976. The molecule has 0 saturated carbocycles. The van der Waals surface area contributed by atoms with Crippen LogP contribution in [0.4, 0.5) is 10.5 Å². The van der Waals surface area contributed by atoms with E-state index >= 15 is 0 Å². The lowest BCUT2D eigenvalue weighted by Crippen LogP contribution is -2.36. The third-order valence-corrected chi connectivity index (χ3v) is 12.7. The molecule has 1 aliphatic heterocycles. The van der Waals surface area contributed by atoms with Crippen LogP contribution < -0.4 is 34.5 Å². The Morgan fingerprint density at radius 1 is 0.684 bits per heavy atom. The van der Waals surface area contributed by atoms with E-state index in [4.69, 9.17) is 28.4 Å². The maximum atomic E-state index is 14.1. The third-order valence-electron chi connectivity index (χ3n) is 12.1. The van der Waals surface area contributed by atoms with E-state index < -0.39 is 38.7 Å². The van der Waals surface area contributed by atoms with Gasteiger partial charge in [0.25, 0.3) is 5.91 Å². The van der Waals surface area contributed by atoms with Gasteiger partial charge in [0.2, 0.25) is 5.91 Å². The fraction of sp³-hybridized carbons (Fsp3) is 0.246. The molecule has 408 valence electrons. The second kappa shape index (κ2) is 28.8. The van der Waals surface area contributed by atoms with E-state index in [1.165, 1.54) is 24.3 Å². The number of aliphatic hydroxyl groups is 1. The Morgan fingerprint density at radius 2 is 1.30 bits per heavy atom. The Kier molecular flexibility index (Phi) is 20.7. The van der Waals surface area contributed by atoms with Crippen molar-refractivity contribution in [1.29, 1.82) is 0 Å². The number of thiol groups is 1. The normalized spacial score (nSPS) is 11.9. The van der Waals surface area contributed by atoms with Crippen molar-refractivity contribution in [2.24, 2.45) is 0 Å². The van der Waals surface area contributed by atoms with Gasteiger partial charge in [-0.15, -0.1) is 5.10 Å². The lowest BCUT2D eigenvalue weighted by Gasteiger charge is -2.28. The number of aromatic nitrogens is 3. The van der Waals surface area contributed by atoms with Crippen LogP contribution in [0.1, 0.15) is 50.2 Å². The monoisotopic (exact) mass is 1110 g/mol. The Labute approximate surface area is 461 Å². The van der Waals surface area contributed by atoms with Gasteiger partial charge in [0, 0.05) is 43.0 Å². The maximum absolute atomic E-state index is 14.1. The molecular formula is C57H55N6O14PS. The first-order chi connectivity index (χ1) is 38.5. The molecule has 7 aromatic rings. The van der Waals surface area contributed by atoms with Gasteiger partial charge in [-0.3, -0.25) is 14.1 Å². The smallest absolute Gasteiger partial charge is 0.407 e. The van der Waals surface area contributed by atoms with E-state index in [-0.39, 0.29) is 82.9 Å². The number of alkyl carbamates (subject to hydrolysis) is 1. The number of para-hydroxylation sites is 1. The number of carbonyl (C=O) groups excluding carboxylic acids is 5. The minimum absolute atomic E-state index is 0.00801. The zero-order valence-corrected chi connectivity index (χ0v) is 44.4. The fourth-order valence-corrected chi connectivity index (χ4v) is 8.50. The van der Waals surface area contributed by atoms with Gasteiger partial charge in [-0.1, -0.05) is 71.9 Å². The number of nitrogens with zero attached hydrogens (tertiary/aromatic N) is 4. The average Bonchev–Trinajstić information content (AvgIpc) is 4.15. The lowest BCUT2D eigenvalue weighted by atomic mass is 9.95. The van der Waals surface area contributed by atoms with Crippen molar-refractivity contribution < 1.29 is 66.6 Å². The Balaban J connectivity index is 0.770. The third kappa shape index (κ3) is 16.3. The van der Waals surface area contributed by atoms with Crippen molar-refractivity contribution in [3.8, 4) is 45.5 Å². The van der Waals surface area contributed by atoms with Crippen LogP contribution in [0.3, 0.4) is 0 Å². The highest BCUT2D eigenvalue weighted by molar-refractivity contribution is 7.79. The summed E-state index contributed by atoms with van der Waals surface area (Å²) in [5, 5.41) is 24.1. The molecule has 1 atom stereocenters. The van der Waals surface area contributed by atoms with Gasteiger partial charge in [-0.05, 0) is 102 Å². The topological polar surface area (TPSA) is 245 Å². The summed E-state index contributed by atoms with van der Waals surface area (Å²) in [5.74, 6) is 0.412. The summed E-state index contributed by atoms with van der Waals surface area (Å²) in [6, 6.07) is 41.7. The van der Waals surface area contributed by atoms with E-state index in [9.17, 15) is 33.6 Å². The number of esters is 2. The number of hydrogen-bond donors (Lipinski definition) is 4. The van der Waals surface area contributed by atoms with E-state index in [0.717, 1.165) is 22.4 Å². The van der Waals surface area contributed by atoms with Crippen LogP contribution in [0.2, 0.25) is 0 Å². The summed E-state index contributed by atoms with van der Waals surface area (Å²) in [5.41, 5.74) is 6.73. The largest absolute Gasteiger partial charge is 0.492 e. The number of aliphatic hydroxyl groups excluding tert-OH is 1. The zero-order chi connectivity index (χ0) is 55.3. The molecular weight excluding hydrogens is 1060 g/mol. The highest BCUT2D eigenvalue weighted by atomic mass is 32.1.